The van der Waals surface area contributed by atoms with Gasteiger partial charge in [-0.15, -0.1) is 0 Å². The third kappa shape index (κ3) is 47.6. The van der Waals surface area contributed by atoms with Gasteiger partial charge in [0.2, 0.25) is 5.91 Å². The minimum absolute atomic E-state index is 0.0585. The molecule has 0 bridgehead atoms. The largest absolute Gasteiger partial charge is 0.472 e. The first kappa shape index (κ1) is 61.7. The molecule has 64 heavy (non-hydrogen) atoms. The number of rotatable bonds is 46. The molecule has 0 aromatic heterocycles. The van der Waals surface area contributed by atoms with Gasteiger partial charge in [-0.05, 0) is 70.6 Å². The average Bonchev–Trinajstić information content (AvgIpc) is 3.25. The number of nitrogens with one attached hydrogen (secondary N) is 1. The number of hydrogen-bond donors (Lipinski definition) is 3. The van der Waals surface area contributed by atoms with Gasteiger partial charge >= 0.3 is 7.82 Å². The molecule has 0 rings (SSSR count). The molecule has 0 aliphatic rings. The molecule has 1 amide bonds. The number of phosphoric acid groups is 1. The lowest BCUT2D eigenvalue weighted by molar-refractivity contribution is -0.870. The fourth-order valence-electron chi connectivity index (χ4n) is 7.04. The Bertz CT molecular complexity index is 1310. The maximum atomic E-state index is 12.9. The summed E-state index contributed by atoms with van der Waals surface area (Å²) >= 11 is 0. The standard InChI is InChI=1S/C55H99N2O6P/c1-6-8-10-12-14-16-17-18-19-20-21-22-23-24-25-26-27-28-29-30-31-32-33-34-35-36-37-38-39-41-43-45-47-49-55(59)56-53(52-63-64(60,61)62-51-50-57(3,4)5)54(58)48-46-44-42-40-15-13-11-9-7-2/h8,10,14,16,18-19,21-22,24-25,27-28,46,48,53-54,58H,6-7,9,11-13,15,17,20,23,26,29-45,47,49-52H2,1-5H3,(H-,56,59,60,61)/p+1/b10-8-,16-14-,19-18-,22-21-,25-24-,28-27-,48-46+. The van der Waals surface area contributed by atoms with Crippen molar-refractivity contribution in [1.29, 1.82) is 0 Å². The molecule has 370 valence electrons. The van der Waals surface area contributed by atoms with Gasteiger partial charge in [0.05, 0.1) is 39.9 Å². The van der Waals surface area contributed by atoms with Gasteiger partial charge in [0.25, 0.3) is 0 Å². The van der Waals surface area contributed by atoms with E-state index in [-0.39, 0.29) is 19.1 Å². The molecule has 0 aliphatic carbocycles. The first-order chi connectivity index (χ1) is 31.0. The third-order valence-electron chi connectivity index (χ3n) is 11.1. The van der Waals surface area contributed by atoms with E-state index in [1.54, 1.807) is 6.08 Å². The van der Waals surface area contributed by atoms with Crippen molar-refractivity contribution in [3.63, 3.8) is 0 Å². The first-order valence-corrected chi connectivity index (χ1v) is 27.5. The zero-order valence-electron chi connectivity index (χ0n) is 42.0. The highest BCUT2D eigenvalue weighted by molar-refractivity contribution is 7.47. The molecular formula is C55H100N2O6P+. The van der Waals surface area contributed by atoms with E-state index in [4.69, 9.17) is 9.05 Å². The number of aliphatic hydroxyl groups is 1. The summed E-state index contributed by atoms with van der Waals surface area (Å²) in [4.78, 5) is 23.1. The molecule has 0 saturated heterocycles. The lowest BCUT2D eigenvalue weighted by atomic mass is 10.0. The number of quaternary nitrogens is 1. The summed E-state index contributed by atoms with van der Waals surface area (Å²) in [6.45, 7) is 4.66. The maximum Gasteiger partial charge on any atom is 0.472 e. The zero-order chi connectivity index (χ0) is 47.1. The van der Waals surface area contributed by atoms with Crippen molar-refractivity contribution in [2.24, 2.45) is 0 Å². The number of allylic oxidation sites excluding steroid dienone is 13. The maximum absolute atomic E-state index is 12.9. The number of carbonyl (C=O) groups is 1. The van der Waals surface area contributed by atoms with E-state index in [1.807, 2.05) is 27.2 Å². The SMILES string of the molecule is CC/C=C\C/C=C\C/C=C\C/C=C\C/C=C\C/C=C\CCCCCCCCCCCCCCCCC(=O)NC(COP(=O)(O)OCC[N+](C)(C)C)C(O)/C=C/CCCCCCCCC. The number of amides is 1. The second-order valence-corrected chi connectivity index (χ2v) is 20.0. The molecule has 0 aromatic rings. The molecule has 0 saturated carbocycles. The highest BCUT2D eigenvalue weighted by atomic mass is 31.2. The van der Waals surface area contributed by atoms with Crippen molar-refractivity contribution in [3.05, 3.63) is 85.1 Å². The van der Waals surface area contributed by atoms with Gasteiger partial charge in [-0.25, -0.2) is 4.57 Å². The van der Waals surface area contributed by atoms with Crippen LogP contribution in [0.3, 0.4) is 0 Å². The number of unbranched alkanes of at least 4 members (excludes halogenated alkanes) is 21. The van der Waals surface area contributed by atoms with Crippen LogP contribution >= 0.6 is 7.82 Å². The normalized spacial score (nSPS) is 14.8. The van der Waals surface area contributed by atoms with Gasteiger partial charge in [0.1, 0.15) is 13.2 Å². The Kier molecular flexibility index (Phi) is 44.2. The van der Waals surface area contributed by atoms with Crippen molar-refractivity contribution in [1.82, 2.24) is 5.32 Å². The van der Waals surface area contributed by atoms with E-state index in [9.17, 15) is 19.4 Å². The molecule has 3 atom stereocenters. The number of hydrogen-bond acceptors (Lipinski definition) is 5. The lowest BCUT2D eigenvalue weighted by Crippen LogP contribution is -2.45. The number of phosphoric ester groups is 1. The Morgan fingerprint density at radius 2 is 0.938 bits per heavy atom. The zero-order valence-corrected chi connectivity index (χ0v) is 42.9. The highest BCUT2D eigenvalue weighted by Crippen LogP contribution is 2.43. The Hall–Kier alpha value is -2.32. The summed E-state index contributed by atoms with van der Waals surface area (Å²) < 4.78 is 23.5. The van der Waals surface area contributed by atoms with E-state index in [2.05, 4.69) is 92.1 Å². The molecule has 0 aromatic carbocycles. The monoisotopic (exact) mass is 916 g/mol. The van der Waals surface area contributed by atoms with Crippen LogP contribution in [0.1, 0.15) is 206 Å². The molecule has 0 heterocycles. The van der Waals surface area contributed by atoms with Crippen LogP contribution in [0.25, 0.3) is 0 Å². The van der Waals surface area contributed by atoms with Gasteiger partial charge in [0.15, 0.2) is 0 Å². The van der Waals surface area contributed by atoms with Crippen LogP contribution in [-0.4, -0.2) is 73.4 Å². The quantitative estimate of drug-likeness (QED) is 0.0243. The average molecular weight is 916 g/mol. The predicted molar refractivity (Wildman–Crippen MR) is 276 cm³/mol. The van der Waals surface area contributed by atoms with Gasteiger partial charge < -0.3 is 19.8 Å². The predicted octanol–water partition coefficient (Wildman–Crippen LogP) is 15.3. The van der Waals surface area contributed by atoms with E-state index in [0.29, 0.717) is 17.4 Å². The summed E-state index contributed by atoms with van der Waals surface area (Å²) in [5.41, 5.74) is 0. The van der Waals surface area contributed by atoms with Crippen LogP contribution in [0.4, 0.5) is 0 Å². The number of carbonyl (C=O) groups excluding carboxylic acids is 1. The van der Waals surface area contributed by atoms with Crippen LogP contribution < -0.4 is 5.32 Å². The molecule has 0 fully saturated rings. The van der Waals surface area contributed by atoms with Gasteiger partial charge in [-0.1, -0.05) is 214 Å². The van der Waals surface area contributed by atoms with Gasteiger partial charge in [-0.3, -0.25) is 13.8 Å². The van der Waals surface area contributed by atoms with Gasteiger partial charge in [0, 0.05) is 6.42 Å². The van der Waals surface area contributed by atoms with E-state index in [0.717, 1.165) is 77.0 Å². The minimum atomic E-state index is -4.34. The lowest BCUT2D eigenvalue weighted by Gasteiger charge is -2.25. The topological polar surface area (TPSA) is 105 Å². The summed E-state index contributed by atoms with van der Waals surface area (Å²) in [7, 11) is 1.56. The second-order valence-electron chi connectivity index (χ2n) is 18.5. The van der Waals surface area contributed by atoms with Crippen molar-refractivity contribution in [2.45, 2.75) is 219 Å². The van der Waals surface area contributed by atoms with Crippen LogP contribution in [0, 0.1) is 0 Å². The smallest absolute Gasteiger partial charge is 0.387 e. The highest BCUT2D eigenvalue weighted by Gasteiger charge is 2.27. The molecule has 9 heteroatoms. The molecule has 3 unspecified atom stereocenters. The van der Waals surface area contributed by atoms with Crippen LogP contribution in [-0.2, 0) is 18.4 Å². The van der Waals surface area contributed by atoms with Crippen molar-refractivity contribution in [2.75, 3.05) is 40.9 Å². The van der Waals surface area contributed by atoms with Crippen LogP contribution in [0.15, 0.2) is 85.1 Å². The summed E-state index contributed by atoms with van der Waals surface area (Å²) in [6.07, 6.45) is 64.0. The minimum Gasteiger partial charge on any atom is -0.387 e. The van der Waals surface area contributed by atoms with Crippen molar-refractivity contribution >= 4 is 13.7 Å². The van der Waals surface area contributed by atoms with E-state index < -0.39 is 20.0 Å². The Morgan fingerprint density at radius 3 is 1.38 bits per heavy atom. The fourth-order valence-corrected chi connectivity index (χ4v) is 7.78. The molecule has 0 radical (unpaired) electrons. The first-order valence-electron chi connectivity index (χ1n) is 26.0. The number of likely N-dealkylation sites (N-methyl/N-ethyl adjacent to an activating group) is 1. The Morgan fingerprint density at radius 1 is 0.547 bits per heavy atom. The summed E-state index contributed by atoms with van der Waals surface area (Å²) in [6, 6.07) is -0.848. The second kappa shape index (κ2) is 45.8. The molecule has 0 aliphatic heterocycles. The number of nitrogens with zero attached hydrogens (tertiary/aromatic N) is 1. The summed E-state index contributed by atoms with van der Waals surface area (Å²) in [5.74, 6) is -0.184. The third-order valence-corrected chi connectivity index (χ3v) is 12.1. The Balaban J connectivity index is 4.03. The Labute approximate surface area is 395 Å². The van der Waals surface area contributed by atoms with Crippen LogP contribution in [0.5, 0.6) is 0 Å². The van der Waals surface area contributed by atoms with Crippen LogP contribution in [0.2, 0.25) is 0 Å². The van der Waals surface area contributed by atoms with E-state index in [1.165, 1.54) is 109 Å². The van der Waals surface area contributed by atoms with Gasteiger partial charge in [-0.2, -0.15) is 0 Å². The molecule has 0 spiro atoms. The van der Waals surface area contributed by atoms with Crippen molar-refractivity contribution in [3.8, 4) is 0 Å². The fraction of sp³-hybridized carbons (Fsp3) is 0.727. The summed E-state index contributed by atoms with van der Waals surface area (Å²) in [5, 5.41) is 13.8. The van der Waals surface area contributed by atoms with E-state index >= 15 is 0 Å². The molecule has 8 nitrogen and oxygen atoms in total. The van der Waals surface area contributed by atoms with Crippen molar-refractivity contribution < 1.29 is 32.9 Å². The molecular weight excluding hydrogens is 816 g/mol. The number of aliphatic hydroxyl groups excluding tert-OH is 1. The molecule has 3 N–H and O–H groups in total.